The largest absolute Gasteiger partial charge is 0.355 e. The van der Waals surface area contributed by atoms with Crippen LogP contribution in [0.15, 0.2) is 71.3 Å². The van der Waals surface area contributed by atoms with E-state index in [4.69, 9.17) is 4.52 Å². The van der Waals surface area contributed by atoms with Gasteiger partial charge in [-0.2, -0.15) is 0 Å². The zero-order valence-corrected chi connectivity index (χ0v) is 16.6. The van der Waals surface area contributed by atoms with E-state index in [9.17, 15) is 9.59 Å². The van der Waals surface area contributed by atoms with Crippen molar-refractivity contribution in [3.8, 4) is 11.3 Å². The van der Waals surface area contributed by atoms with Gasteiger partial charge in [-0.3, -0.25) is 9.59 Å². The predicted molar refractivity (Wildman–Crippen MR) is 112 cm³/mol. The van der Waals surface area contributed by atoms with Crippen molar-refractivity contribution in [2.75, 3.05) is 26.2 Å². The van der Waals surface area contributed by atoms with E-state index in [0.717, 1.165) is 12.0 Å². The molecule has 6 nitrogen and oxygen atoms in total. The van der Waals surface area contributed by atoms with E-state index in [2.05, 4.69) is 17.3 Å². The molecular weight excluding hydrogens is 378 g/mol. The number of carbonyl (C=O) groups is 2. The third-order valence-electron chi connectivity index (χ3n) is 6.00. The highest BCUT2D eigenvalue weighted by atomic mass is 16.5. The van der Waals surface area contributed by atoms with Crippen molar-refractivity contribution in [2.45, 2.75) is 12.3 Å². The van der Waals surface area contributed by atoms with Gasteiger partial charge in [-0.1, -0.05) is 65.8 Å². The van der Waals surface area contributed by atoms with Gasteiger partial charge in [-0.05, 0) is 17.9 Å². The Bertz CT molecular complexity index is 1040. The highest BCUT2D eigenvalue weighted by molar-refractivity contribution is 5.93. The van der Waals surface area contributed by atoms with Crippen molar-refractivity contribution < 1.29 is 14.1 Å². The third-order valence-corrected chi connectivity index (χ3v) is 6.00. The Labute approximate surface area is 175 Å². The van der Waals surface area contributed by atoms with Gasteiger partial charge in [-0.25, -0.2) is 0 Å². The van der Waals surface area contributed by atoms with Crippen molar-refractivity contribution in [1.29, 1.82) is 0 Å². The summed E-state index contributed by atoms with van der Waals surface area (Å²) >= 11 is 0. The van der Waals surface area contributed by atoms with Gasteiger partial charge in [0.25, 0.3) is 5.91 Å². The number of hydrogen-bond donors (Lipinski definition) is 0. The lowest BCUT2D eigenvalue weighted by Crippen LogP contribution is -2.51. The van der Waals surface area contributed by atoms with Crippen LogP contribution in [0, 0.1) is 5.92 Å². The Morgan fingerprint density at radius 1 is 0.867 bits per heavy atom. The Morgan fingerprint density at radius 3 is 2.20 bits per heavy atom. The zero-order valence-electron chi connectivity index (χ0n) is 16.6. The minimum absolute atomic E-state index is 0.0821. The highest BCUT2D eigenvalue weighted by Crippen LogP contribution is 2.48. The second-order valence-electron chi connectivity index (χ2n) is 7.92. The van der Waals surface area contributed by atoms with Gasteiger partial charge >= 0.3 is 0 Å². The summed E-state index contributed by atoms with van der Waals surface area (Å²) in [7, 11) is 0. The molecular formula is C24H23N3O3. The van der Waals surface area contributed by atoms with Crippen molar-refractivity contribution in [3.05, 3.63) is 78.0 Å². The summed E-state index contributed by atoms with van der Waals surface area (Å²) in [6.07, 6.45) is 0.920. The molecule has 1 aliphatic heterocycles. The van der Waals surface area contributed by atoms with E-state index in [-0.39, 0.29) is 17.7 Å². The van der Waals surface area contributed by atoms with Crippen LogP contribution < -0.4 is 0 Å². The molecule has 2 fully saturated rings. The standard InChI is InChI=1S/C24H23N3O3/c28-23(20-15-19(20)17-7-3-1-4-8-17)26-11-13-27(14-12-26)24(29)21-16-22(30-25-21)18-9-5-2-6-10-18/h1-10,16,19-20H,11-15H2. The highest BCUT2D eigenvalue weighted by Gasteiger charge is 2.46. The topological polar surface area (TPSA) is 66.7 Å². The fourth-order valence-electron chi connectivity index (χ4n) is 4.18. The van der Waals surface area contributed by atoms with Gasteiger partial charge in [0.2, 0.25) is 5.91 Å². The summed E-state index contributed by atoms with van der Waals surface area (Å²) in [5, 5.41) is 3.96. The van der Waals surface area contributed by atoms with Crippen LogP contribution in [0.4, 0.5) is 0 Å². The minimum Gasteiger partial charge on any atom is -0.355 e. The first kappa shape index (κ1) is 18.6. The Balaban J connectivity index is 1.17. The molecule has 0 radical (unpaired) electrons. The summed E-state index contributed by atoms with van der Waals surface area (Å²) in [5.74, 6) is 1.06. The molecule has 5 rings (SSSR count). The van der Waals surface area contributed by atoms with E-state index < -0.39 is 0 Å². The molecule has 1 aromatic heterocycles. The van der Waals surface area contributed by atoms with E-state index >= 15 is 0 Å². The molecule has 1 saturated carbocycles. The van der Waals surface area contributed by atoms with E-state index in [1.54, 1.807) is 11.0 Å². The molecule has 2 unspecified atom stereocenters. The third kappa shape index (κ3) is 3.61. The number of carbonyl (C=O) groups excluding carboxylic acids is 2. The van der Waals surface area contributed by atoms with E-state index in [1.807, 2.05) is 53.4 Å². The first-order valence-corrected chi connectivity index (χ1v) is 10.4. The van der Waals surface area contributed by atoms with Gasteiger partial charge in [0.1, 0.15) is 0 Å². The SMILES string of the molecule is O=C(c1cc(-c2ccccc2)on1)N1CCN(C(=O)C2CC2c2ccccc2)CC1. The molecule has 2 aromatic carbocycles. The van der Waals surface area contributed by atoms with Crippen LogP contribution in [0.1, 0.15) is 28.4 Å². The maximum atomic E-state index is 12.8. The number of rotatable bonds is 4. The van der Waals surface area contributed by atoms with Crippen molar-refractivity contribution >= 4 is 11.8 Å². The number of piperazine rings is 1. The molecule has 2 amide bonds. The summed E-state index contributed by atoms with van der Waals surface area (Å²) in [5.41, 5.74) is 2.43. The molecule has 1 saturated heterocycles. The van der Waals surface area contributed by atoms with Crippen LogP contribution in [-0.4, -0.2) is 52.9 Å². The molecule has 0 N–H and O–H groups in total. The van der Waals surface area contributed by atoms with Gasteiger partial charge in [0.15, 0.2) is 11.5 Å². The Hall–Kier alpha value is -3.41. The lowest BCUT2D eigenvalue weighted by Gasteiger charge is -2.34. The van der Waals surface area contributed by atoms with Crippen molar-refractivity contribution in [2.24, 2.45) is 5.92 Å². The molecule has 3 aromatic rings. The normalized spacial score (nSPS) is 20.8. The number of amides is 2. The lowest BCUT2D eigenvalue weighted by molar-refractivity contribution is -0.134. The van der Waals surface area contributed by atoms with Crippen LogP contribution in [0.25, 0.3) is 11.3 Å². The Morgan fingerprint density at radius 2 is 1.50 bits per heavy atom. The number of aromatic nitrogens is 1. The average Bonchev–Trinajstić information content (AvgIpc) is 3.47. The number of benzene rings is 2. The van der Waals surface area contributed by atoms with Gasteiger partial charge < -0.3 is 14.3 Å². The van der Waals surface area contributed by atoms with Crippen LogP contribution >= 0.6 is 0 Å². The van der Waals surface area contributed by atoms with Gasteiger partial charge in [-0.15, -0.1) is 0 Å². The zero-order chi connectivity index (χ0) is 20.5. The van der Waals surface area contributed by atoms with Crippen molar-refractivity contribution in [1.82, 2.24) is 15.0 Å². The minimum atomic E-state index is -0.151. The maximum absolute atomic E-state index is 12.8. The molecule has 2 aliphatic rings. The predicted octanol–water partition coefficient (Wildman–Crippen LogP) is 3.43. The first-order chi connectivity index (χ1) is 14.7. The smallest absolute Gasteiger partial charge is 0.276 e. The molecule has 30 heavy (non-hydrogen) atoms. The molecule has 2 heterocycles. The second-order valence-corrected chi connectivity index (χ2v) is 7.92. The summed E-state index contributed by atoms with van der Waals surface area (Å²) in [4.78, 5) is 29.3. The lowest BCUT2D eigenvalue weighted by atomic mass is 10.1. The quantitative estimate of drug-likeness (QED) is 0.672. The second kappa shape index (κ2) is 7.78. The fraction of sp³-hybridized carbons (Fsp3) is 0.292. The van der Waals surface area contributed by atoms with E-state index in [0.29, 0.717) is 43.6 Å². The van der Waals surface area contributed by atoms with Crippen LogP contribution in [-0.2, 0) is 4.79 Å². The molecule has 1 aliphatic carbocycles. The molecule has 6 heteroatoms. The van der Waals surface area contributed by atoms with Gasteiger partial charge in [0, 0.05) is 43.7 Å². The summed E-state index contributed by atoms with van der Waals surface area (Å²) < 4.78 is 5.35. The van der Waals surface area contributed by atoms with Crippen LogP contribution in [0.2, 0.25) is 0 Å². The summed E-state index contributed by atoms with van der Waals surface area (Å²) in [6.45, 7) is 2.15. The van der Waals surface area contributed by atoms with Gasteiger partial charge in [0.05, 0.1) is 0 Å². The van der Waals surface area contributed by atoms with E-state index in [1.165, 1.54) is 5.56 Å². The number of hydrogen-bond acceptors (Lipinski definition) is 4. The summed E-state index contributed by atoms with van der Waals surface area (Å²) in [6, 6.07) is 21.5. The van der Waals surface area contributed by atoms with Crippen LogP contribution in [0.3, 0.4) is 0 Å². The molecule has 0 spiro atoms. The first-order valence-electron chi connectivity index (χ1n) is 10.4. The maximum Gasteiger partial charge on any atom is 0.276 e. The molecule has 0 bridgehead atoms. The van der Waals surface area contributed by atoms with Crippen LogP contribution in [0.5, 0.6) is 0 Å². The molecule has 2 atom stereocenters. The fourth-order valence-corrected chi connectivity index (χ4v) is 4.18. The monoisotopic (exact) mass is 401 g/mol. The Kier molecular flexibility index (Phi) is 4.83. The van der Waals surface area contributed by atoms with Crippen molar-refractivity contribution in [3.63, 3.8) is 0 Å². The number of nitrogens with zero attached hydrogens (tertiary/aromatic N) is 3. The average molecular weight is 401 g/mol. The molecule has 152 valence electrons.